The van der Waals surface area contributed by atoms with E-state index >= 15 is 0 Å². The van der Waals surface area contributed by atoms with Gasteiger partial charge in [-0.2, -0.15) is 0 Å². The summed E-state index contributed by atoms with van der Waals surface area (Å²) >= 11 is 4.94. The number of hydrogen-bond acceptors (Lipinski definition) is 8. The Kier molecular flexibility index (Phi) is 3.18. The van der Waals surface area contributed by atoms with Crippen LogP contribution in [0.4, 0.5) is 5.82 Å². The molecule has 1 aliphatic rings. The summed E-state index contributed by atoms with van der Waals surface area (Å²) in [6.07, 6.45) is -4.31. The van der Waals surface area contributed by atoms with Gasteiger partial charge in [0, 0.05) is 0 Å². The van der Waals surface area contributed by atoms with E-state index in [0.29, 0.717) is 15.9 Å². The molecule has 0 amide bonds. The fourth-order valence-corrected chi connectivity index (χ4v) is 2.40. The van der Waals surface area contributed by atoms with Crippen molar-refractivity contribution in [3.8, 4) is 0 Å². The Morgan fingerprint density at radius 1 is 1.25 bits per heavy atom. The van der Waals surface area contributed by atoms with Crippen LogP contribution in [0.5, 0.6) is 0 Å². The minimum absolute atomic E-state index is 0.114. The zero-order chi connectivity index (χ0) is 14.4. The van der Waals surface area contributed by atoms with Gasteiger partial charge in [-0.1, -0.05) is 0 Å². The van der Waals surface area contributed by atoms with E-state index in [1.54, 1.807) is 0 Å². The van der Waals surface area contributed by atoms with Crippen molar-refractivity contribution in [2.75, 3.05) is 12.3 Å². The molecule has 2 aromatic rings. The summed E-state index contributed by atoms with van der Waals surface area (Å²) in [7, 11) is 0. The quantitative estimate of drug-likeness (QED) is 0.376. The van der Waals surface area contributed by atoms with Crippen molar-refractivity contribution in [2.45, 2.75) is 24.4 Å². The van der Waals surface area contributed by atoms with E-state index in [-0.39, 0.29) is 11.6 Å². The summed E-state index contributed by atoms with van der Waals surface area (Å²) in [5, 5.41) is 28.7. The number of aliphatic hydroxyl groups excluding tert-OH is 3. The molecule has 0 bridgehead atoms. The second-order valence-electron chi connectivity index (χ2n) is 4.53. The number of nitrogens with one attached hydrogen (secondary N) is 2. The maximum Gasteiger partial charge on any atom is 0.176 e. The average molecular weight is 299 g/mol. The highest BCUT2D eigenvalue weighted by atomic mass is 32.1. The van der Waals surface area contributed by atoms with E-state index in [4.69, 9.17) is 27.8 Å². The zero-order valence-corrected chi connectivity index (χ0v) is 11.0. The van der Waals surface area contributed by atoms with Gasteiger partial charge in [0.05, 0.1) is 6.61 Å². The summed E-state index contributed by atoms with van der Waals surface area (Å²) in [4.78, 5) is 13.8. The van der Waals surface area contributed by atoms with Crippen molar-refractivity contribution in [3.05, 3.63) is 10.6 Å². The van der Waals surface area contributed by atoms with Crippen molar-refractivity contribution in [3.63, 3.8) is 0 Å². The molecule has 1 saturated heterocycles. The van der Waals surface area contributed by atoms with Gasteiger partial charge in [-0.25, -0.2) is 9.97 Å². The number of fused-ring (bicyclic) bond motifs is 1. The predicted molar refractivity (Wildman–Crippen MR) is 70.2 cm³/mol. The van der Waals surface area contributed by atoms with Crippen LogP contribution in [0.1, 0.15) is 11.9 Å². The largest absolute Gasteiger partial charge is 0.394 e. The number of aromatic amines is 2. The molecule has 0 radical (unpaired) electrons. The minimum Gasteiger partial charge on any atom is -0.394 e. The summed E-state index contributed by atoms with van der Waals surface area (Å²) in [6, 6.07) is 0. The number of nitrogen functional groups attached to an aromatic ring is 1. The number of aliphatic hydroxyl groups is 3. The van der Waals surface area contributed by atoms with E-state index in [1.165, 1.54) is 0 Å². The van der Waals surface area contributed by atoms with Gasteiger partial charge in [-0.3, -0.25) is 0 Å². The van der Waals surface area contributed by atoms with Crippen LogP contribution in [0, 0.1) is 4.77 Å². The number of imidazole rings is 1. The number of nitrogens with zero attached hydrogens (tertiary/aromatic N) is 2. The molecule has 3 rings (SSSR count). The van der Waals surface area contributed by atoms with Crippen LogP contribution in [0.15, 0.2) is 0 Å². The van der Waals surface area contributed by atoms with Gasteiger partial charge in [0.15, 0.2) is 22.1 Å². The van der Waals surface area contributed by atoms with Gasteiger partial charge in [-0.05, 0) is 12.2 Å². The van der Waals surface area contributed by atoms with E-state index in [0.717, 1.165) is 0 Å². The lowest BCUT2D eigenvalue weighted by Crippen LogP contribution is -2.32. The maximum atomic E-state index is 9.94. The molecule has 20 heavy (non-hydrogen) atoms. The molecule has 7 N–H and O–H groups in total. The summed E-state index contributed by atoms with van der Waals surface area (Å²) in [6.45, 7) is -0.418. The Balaban J connectivity index is 2.04. The SMILES string of the molecule is Nc1nc(C2O[C@H](CO)[C@@H](O)[C@@H]2O)nc2[nH]c(=S)[nH]c12. The van der Waals surface area contributed by atoms with Gasteiger partial charge in [0.2, 0.25) is 0 Å². The van der Waals surface area contributed by atoms with Crippen LogP contribution < -0.4 is 5.73 Å². The topological polar surface area (TPSA) is 153 Å². The van der Waals surface area contributed by atoms with Gasteiger partial charge < -0.3 is 35.8 Å². The second-order valence-corrected chi connectivity index (χ2v) is 4.94. The highest BCUT2D eigenvalue weighted by molar-refractivity contribution is 7.71. The zero-order valence-electron chi connectivity index (χ0n) is 10.1. The summed E-state index contributed by atoms with van der Waals surface area (Å²) < 4.78 is 5.70. The predicted octanol–water partition coefficient (Wildman–Crippen LogP) is -1.25. The number of nitrogens with two attached hydrogens (primary N) is 1. The van der Waals surface area contributed by atoms with E-state index in [2.05, 4.69) is 19.9 Å². The van der Waals surface area contributed by atoms with Crippen molar-refractivity contribution in [2.24, 2.45) is 0 Å². The smallest absolute Gasteiger partial charge is 0.176 e. The fraction of sp³-hybridized carbons (Fsp3) is 0.500. The molecule has 1 fully saturated rings. The molecular weight excluding hydrogens is 286 g/mol. The Morgan fingerprint density at radius 2 is 2.00 bits per heavy atom. The third kappa shape index (κ3) is 1.98. The average Bonchev–Trinajstić information content (AvgIpc) is 2.91. The van der Waals surface area contributed by atoms with E-state index in [1.807, 2.05) is 0 Å². The number of H-pyrrole nitrogens is 2. The molecule has 0 spiro atoms. The molecular formula is C10H13N5O4S. The first-order chi connectivity index (χ1) is 9.51. The third-order valence-corrected chi connectivity index (χ3v) is 3.43. The van der Waals surface area contributed by atoms with Gasteiger partial charge in [0.25, 0.3) is 0 Å². The Morgan fingerprint density at radius 3 is 2.65 bits per heavy atom. The lowest BCUT2D eigenvalue weighted by Gasteiger charge is -2.13. The molecule has 3 heterocycles. The van der Waals surface area contributed by atoms with E-state index in [9.17, 15) is 10.2 Å². The number of ether oxygens (including phenoxy) is 1. The minimum atomic E-state index is -1.24. The number of rotatable bonds is 2. The molecule has 2 aromatic heterocycles. The third-order valence-electron chi connectivity index (χ3n) is 3.22. The second kappa shape index (κ2) is 4.75. The maximum absolute atomic E-state index is 9.94. The van der Waals surface area contributed by atoms with E-state index < -0.39 is 31.0 Å². The van der Waals surface area contributed by atoms with Crippen molar-refractivity contribution in [1.82, 2.24) is 19.9 Å². The van der Waals surface area contributed by atoms with Gasteiger partial charge in [0.1, 0.15) is 29.9 Å². The molecule has 1 aliphatic heterocycles. The fourth-order valence-electron chi connectivity index (χ4n) is 2.20. The first kappa shape index (κ1) is 13.4. The first-order valence-electron chi connectivity index (χ1n) is 5.89. The number of aromatic nitrogens is 4. The lowest BCUT2D eigenvalue weighted by molar-refractivity contribution is -0.0251. The van der Waals surface area contributed by atoms with Crippen molar-refractivity contribution >= 4 is 29.2 Å². The summed E-state index contributed by atoms with van der Waals surface area (Å²) in [5.74, 6) is 0.262. The van der Waals surface area contributed by atoms with Crippen LogP contribution in [0.2, 0.25) is 0 Å². The standard InChI is InChI=1S/C10H13N5O4S/c11-7-3-8(15-10(20)12-3)14-9(13-7)6-5(18)4(17)2(1-16)19-6/h2,4-6,16-18H,1H2,(H4,11,12,13,14,15,20)/t2-,4-,5+,6?/m1/s1. The molecule has 1 unspecified atom stereocenters. The summed E-state index contributed by atoms with van der Waals surface area (Å²) in [5.41, 5.74) is 6.64. The Hall–Kier alpha value is -1.59. The van der Waals surface area contributed by atoms with Crippen LogP contribution >= 0.6 is 12.2 Å². The van der Waals surface area contributed by atoms with Crippen molar-refractivity contribution in [1.29, 1.82) is 0 Å². The van der Waals surface area contributed by atoms with Crippen LogP contribution in [-0.2, 0) is 4.74 Å². The first-order valence-corrected chi connectivity index (χ1v) is 6.30. The molecule has 10 heteroatoms. The monoisotopic (exact) mass is 299 g/mol. The Bertz CT molecular complexity index is 701. The molecule has 0 saturated carbocycles. The molecule has 4 atom stereocenters. The molecule has 0 aromatic carbocycles. The van der Waals surface area contributed by atoms with Crippen molar-refractivity contribution < 1.29 is 20.1 Å². The lowest BCUT2D eigenvalue weighted by atomic mass is 10.1. The number of anilines is 1. The highest BCUT2D eigenvalue weighted by Gasteiger charge is 2.44. The van der Waals surface area contributed by atoms with Gasteiger partial charge >= 0.3 is 0 Å². The van der Waals surface area contributed by atoms with Crippen LogP contribution in [-0.4, -0.2) is 60.2 Å². The van der Waals surface area contributed by atoms with Crippen LogP contribution in [0.3, 0.4) is 0 Å². The molecule has 0 aliphatic carbocycles. The normalized spacial score (nSPS) is 30.1. The number of hydrogen-bond donors (Lipinski definition) is 6. The molecule has 9 nitrogen and oxygen atoms in total. The highest BCUT2D eigenvalue weighted by Crippen LogP contribution is 2.32. The molecule has 108 valence electrons. The Labute approximate surface area is 117 Å². The van der Waals surface area contributed by atoms with Crippen LogP contribution in [0.25, 0.3) is 11.2 Å². The van der Waals surface area contributed by atoms with Gasteiger partial charge in [-0.15, -0.1) is 0 Å².